The van der Waals surface area contributed by atoms with E-state index in [0.29, 0.717) is 33.8 Å². The minimum Gasteiger partial charge on any atom is -0.494 e. The van der Waals surface area contributed by atoms with Crippen molar-refractivity contribution in [3.63, 3.8) is 0 Å². The Bertz CT molecular complexity index is 1200. The van der Waals surface area contributed by atoms with Gasteiger partial charge in [0, 0.05) is 10.2 Å². The lowest BCUT2D eigenvalue weighted by Gasteiger charge is -2.13. The molecular weight excluding hydrogens is 556 g/mol. The van der Waals surface area contributed by atoms with Gasteiger partial charge in [-0.3, -0.25) is 19.3 Å². The molecule has 0 aliphatic carbocycles. The summed E-state index contributed by atoms with van der Waals surface area (Å²) in [5, 5.41) is 2.10. The average molecular weight is 579 g/mol. The fourth-order valence-electron chi connectivity index (χ4n) is 3.05. The van der Waals surface area contributed by atoms with E-state index in [1.807, 2.05) is 6.92 Å². The summed E-state index contributed by atoms with van der Waals surface area (Å²) in [5.41, 5.74) is 1.04. The zero-order valence-electron chi connectivity index (χ0n) is 19.7. The maximum Gasteiger partial charge on any atom is 0.343 e. The van der Waals surface area contributed by atoms with Crippen LogP contribution in [0.4, 0.5) is 10.5 Å². The maximum absolute atomic E-state index is 12.9. The quantitative estimate of drug-likeness (QED) is 0.328. The van der Waals surface area contributed by atoms with Gasteiger partial charge in [-0.1, -0.05) is 15.9 Å². The van der Waals surface area contributed by atoms with Crippen LogP contribution in [0.15, 0.2) is 45.8 Å². The van der Waals surface area contributed by atoms with Crippen molar-refractivity contribution in [1.82, 2.24) is 4.90 Å². The number of benzene rings is 2. The fraction of sp³-hybridized carbons (Fsp3) is 0.250. The van der Waals surface area contributed by atoms with Crippen molar-refractivity contribution < 1.29 is 38.1 Å². The van der Waals surface area contributed by atoms with E-state index >= 15 is 0 Å². The lowest BCUT2D eigenvalue weighted by atomic mass is 10.2. The zero-order chi connectivity index (χ0) is 26.2. The van der Waals surface area contributed by atoms with Gasteiger partial charge in [-0.15, -0.1) is 0 Å². The lowest BCUT2D eigenvalue weighted by Crippen LogP contribution is -2.36. The molecule has 3 amide bonds. The van der Waals surface area contributed by atoms with Crippen molar-refractivity contribution >= 4 is 62.5 Å². The molecule has 36 heavy (non-hydrogen) atoms. The molecule has 1 aliphatic rings. The summed E-state index contributed by atoms with van der Waals surface area (Å²) >= 11 is 4.12. The van der Waals surface area contributed by atoms with E-state index < -0.39 is 29.6 Å². The zero-order valence-corrected chi connectivity index (χ0v) is 22.1. The molecule has 0 spiro atoms. The third-order valence-electron chi connectivity index (χ3n) is 4.77. The van der Waals surface area contributed by atoms with Crippen LogP contribution in [0.2, 0.25) is 0 Å². The van der Waals surface area contributed by atoms with Crippen LogP contribution in [0.1, 0.15) is 12.5 Å². The fourth-order valence-corrected chi connectivity index (χ4v) is 4.32. The van der Waals surface area contributed by atoms with Crippen molar-refractivity contribution in [3.8, 4) is 17.2 Å². The summed E-state index contributed by atoms with van der Waals surface area (Å²) in [5.74, 6) is -0.412. The van der Waals surface area contributed by atoms with Crippen molar-refractivity contribution in [2.45, 2.75) is 6.92 Å². The van der Waals surface area contributed by atoms with Crippen molar-refractivity contribution in [1.29, 1.82) is 0 Å². The lowest BCUT2D eigenvalue weighted by molar-refractivity contribution is -0.143. The minimum atomic E-state index is -0.594. The van der Waals surface area contributed by atoms with Crippen LogP contribution in [0.3, 0.4) is 0 Å². The number of anilines is 1. The molecule has 2 aromatic rings. The molecule has 0 bridgehead atoms. The van der Waals surface area contributed by atoms with Gasteiger partial charge in [0.15, 0.2) is 18.1 Å². The van der Waals surface area contributed by atoms with Crippen molar-refractivity contribution in [3.05, 3.63) is 51.3 Å². The second-order valence-electron chi connectivity index (χ2n) is 7.16. The van der Waals surface area contributed by atoms with E-state index in [2.05, 4.69) is 26.0 Å². The number of nitrogens with zero attached hydrogens (tertiary/aromatic N) is 1. The molecule has 0 saturated carbocycles. The van der Waals surface area contributed by atoms with Crippen LogP contribution in [0, 0.1) is 0 Å². The number of nitrogens with one attached hydrogen (secondary N) is 1. The molecule has 190 valence electrons. The molecule has 12 heteroatoms. The second kappa shape index (κ2) is 12.5. The SMILES string of the molecule is CCOc1ccc(NC(=O)CN2C(=O)S/C(=C/c3cc(OC)c(OCC(=O)OC)cc3Br)C2=O)cc1. The Balaban J connectivity index is 1.70. The highest BCUT2D eigenvalue weighted by atomic mass is 79.9. The van der Waals surface area contributed by atoms with Gasteiger partial charge in [0.2, 0.25) is 5.91 Å². The number of ether oxygens (including phenoxy) is 4. The third kappa shape index (κ3) is 6.79. The van der Waals surface area contributed by atoms with Gasteiger partial charge in [-0.2, -0.15) is 0 Å². The molecule has 1 heterocycles. The molecule has 0 atom stereocenters. The first-order chi connectivity index (χ1) is 17.2. The number of carbonyl (C=O) groups is 4. The van der Waals surface area contributed by atoms with Crippen molar-refractivity contribution in [2.24, 2.45) is 0 Å². The number of amides is 3. The molecule has 3 rings (SSSR count). The van der Waals surface area contributed by atoms with Crippen LogP contribution in [-0.4, -0.2) is 61.9 Å². The first-order valence-electron chi connectivity index (χ1n) is 10.6. The Morgan fingerprint density at radius 1 is 1.08 bits per heavy atom. The number of hydrogen-bond donors (Lipinski definition) is 1. The van der Waals surface area contributed by atoms with Crippen LogP contribution in [0.25, 0.3) is 6.08 Å². The predicted molar refractivity (Wildman–Crippen MR) is 137 cm³/mol. The van der Waals surface area contributed by atoms with Gasteiger partial charge in [0.05, 0.1) is 25.7 Å². The average Bonchev–Trinajstić information content (AvgIpc) is 3.12. The van der Waals surface area contributed by atoms with E-state index in [0.717, 1.165) is 16.7 Å². The van der Waals surface area contributed by atoms with Gasteiger partial charge < -0.3 is 24.3 Å². The van der Waals surface area contributed by atoms with E-state index in [1.54, 1.807) is 36.4 Å². The van der Waals surface area contributed by atoms with E-state index in [-0.39, 0.29) is 17.3 Å². The summed E-state index contributed by atoms with van der Waals surface area (Å²) in [6.45, 7) is 1.65. The van der Waals surface area contributed by atoms with Gasteiger partial charge in [-0.05, 0) is 66.7 Å². The summed E-state index contributed by atoms with van der Waals surface area (Å²) in [4.78, 5) is 50.2. The summed E-state index contributed by atoms with van der Waals surface area (Å²) < 4.78 is 21.2. The number of carbonyl (C=O) groups excluding carboxylic acids is 4. The van der Waals surface area contributed by atoms with Gasteiger partial charge in [0.25, 0.3) is 11.1 Å². The monoisotopic (exact) mass is 578 g/mol. The first kappa shape index (κ1) is 27.1. The molecule has 0 unspecified atom stereocenters. The van der Waals surface area contributed by atoms with E-state index in [4.69, 9.17) is 14.2 Å². The highest BCUT2D eigenvalue weighted by Crippen LogP contribution is 2.38. The summed E-state index contributed by atoms with van der Waals surface area (Å²) in [6, 6.07) is 9.91. The Morgan fingerprint density at radius 2 is 1.81 bits per heavy atom. The maximum atomic E-state index is 12.9. The second-order valence-corrected chi connectivity index (χ2v) is 9.01. The number of halogens is 1. The summed E-state index contributed by atoms with van der Waals surface area (Å²) in [6.07, 6.45) is 1.51. The number of methoxy groups -OCH3 is 2. The molecule has 1 saturated heterocycles. The van der Waals surface area contributed by atoms with Crippen LogP contribution in [-0.2, 0) is 19.1 Å². The third-order valence-corrected chi connectivity index (χ3v) is 6.36. The number of imide groups is 1. The van der Waals surface area contributed by atoms with Crippen molar-refractivity contribution in [2.75, 3.05) is 39.3 Å². The Morgan fingerprint density at radius 3 is 2.44 bits per heavy atom. The highest BCUT2D eigenvalue weighted by molar-refractivity contribution is 9.10. The molecule has 1 N–H and O–H groups in total. The normalized spacial score (nSPS) is 14.1. The van der Waals surface area contributed by atoms with Gasteiger partial charge >= 0.3 is 5.97 Å². The van der Waals surface area contributed by atoms with Crippen LogP contribution < -0.4 is 19.5 Å². The van der Waals surface area contributed by atoms with Gasteiger partial charge in [0.1, 0.15) is 12.3 Å². The molecule has 1 fully saturated rings. The molecule has 2 aromatic carbocycles. The number of hydrogen-bond acceptors (Lipinski definition) is 9. The molecule has 1 aliphatic heterocycles. The largest absolute Gasteiger partial charge is 0.494 e. The first-order valence-corrected chi connectivity index (χ1v) is 12.2. The Kier molecular flexibility index (Phi) is 9.37. The molecule has 10 nitrogen and oxygen atoms in total. The Labute approximate surface area is 220 Å². The summed E-state index contributed by atoms with van der Waals surface area (Å²) in [7, 11) is 2.67. The topological polar surface area (TPSA) is 120 Å². The van der Waals surface area contributed by atoms with Crippen LogP contribution >= 0.6 is 27.7 Å². The van der Waals surface area contributed by atoms with Crippen LogP contribution in [0.5, 0.6) is 17.2 Å². The number of thioether (sulfide) groups is 1. The minimum absolute atomic E-state index is 0.139. The molecular formula is C24H23BrN2O8S. The number of rotatable bonds is 10. The smallest absolute Gasteiger partial charge is 0.343 e. The standard InChI is InChI=1S/C24H23BrN2O8S/c1-4-34-16-7-5-15(6-8-16)26-21(28)12-27-23(30)20(36-24(27)31)10-14-9-18(32-2)19(11-17(14)25)35-13-22(29)33-3/h5-11H,4,12-13H2,1-3H3,(H,26,28)/b20-10+. The van der Waals surface area contributed by atoms with Gasteiger partial charge in [-0.25, -0.2) is 4.79 Å². The molecule has 0 radical (unpaired) electrons. The predicted octanol–water partition coefficient (Wildman–Crippen LogP) is 4.08. The van der Waals surface area contributed by atoms with E-state index in [9.17, 15) is 19.2 Å². The van der Waals surface area contributed by atoms with E-state index in [1.165, 1.54) is 20.3 Å². The Hall–Kier alpha value is -3.51. The number of esters is 1. The molecule has 0 aromatic heterocycles. The highest BCUT2D eigenvalue weighted by Gasteiger charge is 2.36.